The van der Waals surface area contributed by atoms with Crippen LogP contribution in [0, 0.1) is 19.8 Å². The Morgan fingerprint density at radius 3 is 2.60 bits per heavy atom. The lowest BCUT2D eigenvalue weighted by Gasteiger charge is -2.35. The van der Waals surface area contributed by atoms with Gasteiger partial charge >= 0.3 is 0 Å². The molecule has 1 atom stereocenters. The van der Waals surface area contributed by atoms with Crippen molar-refractivity contribution in [2.45, 2.75) is 60.2 Å². The lowest BCUT2D eigenvalue weighted by atomic mass is 10.0. The van der Waals surface area contributed by atoms with Gasteiger partial charge < -0.3 is 20.1 Å². The number of hydrogen-bond donors (Lipinski definition) is 2. The van der Waals surface area contributed by atoms with E-state index in [2.05, 4.69) is 55.3 Å². The van der Waals surface area contributed by atoms with Crippen molar-refractivity contribution >= 4 is 5.96 Å². The largest absolute Gasteiger partial charge is 0.383 e. The van der Waals surface area contributed by atoms with Crippen molar-refractivity contribution in [2.24, 2.45) is 10.9 Å². The molecule has 30 heavy (non-hydrogen) atoms. The van der Waals surface area contributed by atoms with Crippen molar-refractivity contribution in [3.8, 4) is 0 Å². The van der Waals surface area contributed by atoms with E-state index in [-0.39, 0.29) is 0 Å². The second-order valence-corrected chi connectivity index (χ2v) is 8.37. The molecule has 8 heteroatoms. The Bertz CT molecular complexity index is 652. The van der Waals surface area contributed by atoms with E-state index < -0.39 is 0 Å². The molecule has 1 aromatic heterocycles. The van der Waals surface area contributed by atoms with Crippen LogP contribution in [0.2, 0.25) is 0 Å². The summed E-state index contributed by atoms with van der Waals surface area (Å²) in [4.78, 5) is 7.41. The summed E-state index contributed by atoms with van der Waals surface area (Å²) in [6, 6.07) is 0.484. The molecule has 1 unspecified atom stereocenters. The molecule has 2 heterocycles. The molecule has 2 rings (SSSR count). The summed E-state index contributed by atoms with van der Waals surface area (Å²) in [6.45, 7) is 18.3. The Morgan fingerprint density at radius 2 is 1.97 bits per heavy atom. The second kappa shape index (κ2) is 12.9. The molecule has 1 aliphatic heterocycles. The van der Waals surface area contributed by atoms with E-state index in [9.17, 15) is 0 Å². The Balaban J connectivity index is 2.03. The van der Waals surface area contributed by atoms with E-state index in [1.807, 2.05) is 4.68 Å². The molecule has 0 radical (unpaired) electrons. The predicted octanol–water partition coefficient (Wildman–Crippen LogP) is 1.95. The highest BCUT2D eigenvalue weighted by Crippen LogP contribution is 2.15. The molecule has 1 aromatic rings. The molecular weight excluding hydrogens is 380 g/mol. The average Bonchev–Trinajstić information content (AvgIpc) is 3.00. The zero-order valence-corrected chi connectivity index (χ0v) is 19.8. The standard InChI is InChI=1S/C22H42N6O2/c1-7-23-22(24-15-20(14-17(2)3)27-8-12-30-13-9-27)25-16-21-18(4)26-28(19(21)5)10-11-29-6/h17,20H,7-16H2,1-6H3,(H2,23,24,25). The third-order valence-corrected chi connectivity index (χ3v) is 5.59. The maximum absolute atomic E-state index is 5.54. The van der Waals surface area contributed by atoms with E-state index in [1.165, 1.54) is 5.56 Å². The van der Waals surface area contributed by atoms with Crippen molar-refractivity contribution in [3.63, 3.8) is 0 Å². The number of aromatic nitrogens is 2. The Labute approximate surface area is 182 Å². The van der Waals surface area contributed by atoms with Crippen LogP contribution >= 0.6 is 0 Å². The minimum absolute atomic E-state index is 0.484. The number of nitrogens with one attached hydrogen (secondary N) is 2. The minimum atomic E-state index is 0.484. The Morgan fingerprint density at radius 1 is 1.23 bits per heavy atom. The average molecular weight is 423 g/mol. The van der Waals surface area contributed by atoms with Gasteiger partial charge in [-0.05, 0) is 33.1 Å². The van der Waals surface area contributed by atoms with Gasteiger partial charge in [0.1, 0.15) is 0 Å². The van der Waals surface area contributed by atoms with Crippen molar-refractivity contribution in [1.29, 1.82) is 0 Å². The van der Waals surface area contributed by atoms with Crippen LogP contribution in [-0.4, -0.2) is 79.8 Å². The van der Waals surface area contributed by atoms with E-state index in [1.54, 1.807) is 7.11 Å². The number of ether oxygens (including phenoxy) is 2. The molecular formula is C22H42N6O2. The summed E-state index contributed by atoms with van der Waals surface area (Å²) in [5.74, 6) is 1.52. The van der Waals surface area contributed by atoms with Gasteiger partial charge in [-0.1, -0.05) is 13.8 Å². The lowest BCUT2D eigenvalue weighted by Crippen LogP contribution is -2.51. The fraction of sp³-hybridized carbons (Fsp3) is 0.818. The maximum Gasteiger partial charge on any atom is 0.191 e. The zero-order valence-electron chi connectivity index (χ0n) is 19.8. The van der Waals surface area contributed by atoms with Gasteiger partial charge in [-0.3, -0.25) is 9.58 Å². The maximum atomic E-state index is 5.54. The first kappa shape index (κ1) is 24.6. The first-order valence-corrected chi connectivity index (χ1v) is 11.3. The normalized spacial score (nSPS) is 16.8. The predicted molar refractivity (Wildman–Crippen MR) is 122 cm³/mol. The van der Waals surface area contributed by atoms with E-state index in [0.717, 1.165) is 69.7 Å². The third-order valence-electron chi connectivity index (χ3n) is 5.59. The first-order chi connectivity index (χ1) is 14.5. The molecule has 0 amide bonds. The number of aliphatic imine (C=N–C) groups is 1. The van der Waals surface area contributed by atoms with Crippen LogP contribution in [-0.2, 0) is 22.6 Å². The van der Waals surface area contributed by atoms with E-state index >= 15 is 0 Å². The second-order valence-electron chi connectivity index (χ2n) is 8.37. The van der Waals surface area contributed by atoms with Crippen LogP contribution < -0.4 is 10.6 Å². The minimum Gasteiger partial charge on any atom is -0.383 e. The molecule has 172 valence electrons. The van der Waals surface area contributed by atoms with Gasteiger partial charge in [-0.2, -0.15) is 5.10 Å². The Kier molecular flexibility index (Phi) is 10.6. The van der Waals surface area contributed by atoms with Crippen molar-refractivity contribution in [3.05, 3.63) is 17.0 Å². The molecule has 8 nitrogen and oxygen atoms in total. The number of morpholine rings is 1. The van der Waals surface area contributed by atoms with Crippen molar-refractivity contribution < 1.29 is 9.47 Å². The molecule has 1 fully saturated rings. The topological polar surface area (TPSA) is 75.9 Å². The zero-order chi connectivity index (χ0) is 21.9. The number of rotatable bonds is 11. The lowest BCUT2D eigenvalue weighted by molar-refractivity contribution is 0.0132. The number of hydrogen-bond acceptors (Lipinski definition) is 5. The number of methoxy groups -OCH3 is 1. The van der Waals surface area contributed by atoms with Gasteiger partial charge in [0.05, 0.1) is 38.6 Å². The highest BCUT2D eigenvalue weighted by Gasteiger charge is 2.22. The van der Waals surface area contributed by atoms with Crippen LogP contribution in [0.4, 0.5) is 0 Å². The molecule has 0 aromatic carbocycles. The van der Waals surface area contributed by atoms with Gasteiger partial charge in [0.25, 0.3) is 0 Å². The number of nitrogens with zero attached hydrogens (tertiary/aromatic N) is 4. The first-order valence-electron chi connectivity index (χ1n) is 11.3. The van der Waals surface area contributed by atoms with Crippen LogP contribution in [0.1, 0.15) is 44.1 Å². The van der Waals surface area contributed by atoms with Crippen molar-refractivity contribution in [1.82, 2.24) is 25.3 Å². The van der Waals surface area contributed by atoms with Gasteiger partial charge in [-0.15, -0.1) is 0 Å². The summed E-state index contributed by atoms with van der Waals surface area (Å²) in [6.07, 6.45) is 1.16. The van der Waals surface area contributed by atoms with Crippen LogP contribution in [0.5, 0.6) is 0 Å². The van der Waals surface area contributed by atoms with Crippen LogP contribution in [0.25, 0.3) is 0 Å². The molecule has 0 spiro atoms. The summed E-state index contributed by atoms with van der Waals surface area (Å²) < 4.78 is 12.7. The fourth-order valence-electron chi connectivity index (χ4n) is 3.92. The fourth-order valence-corrected chi connectivity index (χ4v) is 3.92. The molecule has 1 saturated heterocycles. The third kappa shape index (κ3) is 7.56. The van der Waals surface area contributed by atoms with E-state index in [0.29, 0.717) is 25.1 Å². The molecule has 1 aliphatic rings. The van der Waals surface area contributed by atoms with Gasteiger partial charge in [0, 0.05) is 50.6 Å². The van der Waals surface area contributed by atoms with Gasteiger partial charge in [0.2, 0.25) is 0 Å². The van der Waals surface area contributed by atoms with Crippen LogP contribution in [0.3, 0.4) is 0 Å². The number of guanidine groups is 1. The summed E-state index contributed by atoms with van der Waals surface area (Å²) in [5, 5.41) is 11.6. The molecule has 0 aliphatic carbocycles. The highest BCUT2D eigenvalue weighted by atomic mass is 16.5. The molecule has 2 N–H and O–H groups in total. The Hall–Kier alpha value is -1.64. The SMILES string of the molecule is CCNC(=NCc1c(C)nn(CCOC)c1C)NCC(CC(C)C)N1CCOCC1. The number of aryl methyl sites for hydroxylation is 1. The van der Waals surface area contributed by atoms with Gasteiger partial charge in [0.15, 0.2) is 5.96 Å². The molecule has 0 saturated carbocycles. The monoisotopic (exact) mass is 422 g/mol. The summed E-state index contributed by atoms with van der Waals surface area (Å²) >= 11 is 0. The highest BCUT2D eigenvalue weighted by molar-refractivity contribution is 5.79. The quantitative estimate of drug-likeness (QED) is 0.419. The van der Waals surface area contributed by atoms with Crippen LogP contribution in [0.15, 0.2) is 4.99 Å². The smallest absolute Gasteiger partial charge is 0.191 e. The summed E-state index contributed by atoms with van der Waals surface area (Å²) in [7, 11) is 1.72. The van der Waals surface area contributed by atoms with E-state index in [4.69, 9.17) is 14.5 Å². The summed E-state index contributed by atoms with van der Waals surface area (Å²) in [5.41, 5.74) is 3.39. The van der Waals surface area contributed by atoms with Crippen molar-refractivity contribution in [2.75, 3.05) is 53.1 Å². The van der Waals surface area contributed by atoms with Gasteiger partial charge in [-0.25, -0.2) is 4.99 Å². The molecule has 0 bridgehead atoms.